The molecule has 1 amide bonds. The summed E-state index contributed by atoms with van der Waals surface area (Å²) in [5.74, 6) is -4.37. The minimum Gasteiger partial charge on any atom is -0.497 e. The van der Waals surface area contributed by atoms with Gasteiger partial charge in [0.2, 0.25) is 5.95 Å². The van der Waals surface area contributed by atoms with Gasteiger partial charge in [0, 0.05) is 44.2 Å². The molecule has 1 aromatic carbocycles. The SMILES string of the molecule is CN/C=C(\C(=N)C(=O)N1CC(F)(F)C[C@@H](C)C1CNc1ncc(C(F)(F)F)cn1)c1ccc(OC)cc1. The average Bonchev–Trinajstić information content (AvgIpc) is 2.85. The summed E-state index contributed by atoms with van der Waals surface area (Å²) in [7, 11) is 3.07. The predicted molar refractivity (Wildman–Crippen MR) is 128 cm³/mol. The lowest BCUT2D eigenvalue weighted by molar-refractivity contribution is -0.145. The van der Waals surface area contributed by atoms with Crippen molar-refractivity contribution in [3.05, 3.63) is 54.0 Å². The van der Waals surface area contributed by atoms with Gasteiger partial charge in [-0.3, -0.25) is 10.2 Å². The van der Waals surface area contributed by atoms with Crippen molar-refractivity contribution in [2.24, 2.45) is 5.92 Å². The average molecular weight is 527 g/mol. The van der Waals surface area contributed by atoms with Crippen LogP contribution >= 0.6 is 0 Å². The zero-order chi connectivity index (χ0) is 27.4. The molecule has 1 unspecified atom stereocenters. The van der Waals surface area contributed by atoms with E-state index in [4.69, 9.17) is 10.1 Å². The quantitative estimate of drug-likeness (QED) is 0.354. The number of carbonyl (C=O) groups is 1. The molecule has 0 radical (unpaired) electrons. The number of nitrogens with zero attached hydrogens (tertiary/aromatic N) is 3. The second-order valence-corrected chi connectivity index (χ2v) is 8.66. The maximum absolute atomic E-state index is 14.5. The van der Waals surface area contributed by atoms with Crippen LogP contribution in [-0.2, 0) is 11.0 Å². The van der Waals surface area contributed by atoms with Gasteiger partial charge in [0.05, 0.1) is 25.3 Å². The van der Waals surface area contributed by atoms with E-state index in [-0.39, 0.29) is 18.1 Å². The van der Waals surface area contributed by atoms with Gasteiger partial charge < -0.3 is 20.3 Å². The Hall–Kier alpha value is -3.77. The molecule has 0 bridgehead atoms. The van der Waals surface area contributed by atoms with Crippen LogP contribution < -0.4 is 15.4 Å². The first-order chi connectivity index (χ1) is 17.4. The normalized spacial score (nSPS) is 19.8. The number of rotatable bonds is 8. The van der Waals surface area contributed by atoms with E-state index in [1.807, 2.05) is 0 Å². The van der Waals surface area contributed by atoms with Gasteiger partial charge in [0.15, 0.2) is 0 Å². The van der Waals surface area contributed by atoms with E-state index < -0.39 is 54.2 Å². The zero-order valence-electron chi connectivity index (χ0n) is 20.4. The van der Waals surface area contributed by atoms with Gasteiger partial charge in [-0.1, -0.05) is 19.1 Å². The first-order valence-corrected chi connectivity index (χ1v) is 11.3. The smallest absolute Gasteiger partial charge is 0.419 e. The van der Waals surface area contributed by atoms with Gasteiger partial charge in [-0.25, -0.2) is 18.7 Å². The van der Waals surface area contributed by atoms with Crippen LogP contribution in [0.25, 0.3) is 5.57 Å². The zero-order valence-corrected chi connectivity index (χ0v) is 20.4. The van der Waals surface area contributed by atoms with Crippen molar-refractivity contribution >= 4 is 23.1 Å². The Morgan fingerprint density at radius 3 is 2.41 bits per heavy atom. The highest BCUT2D eigenvalue weighted by molar-refractivity contribution is 6.54. The Labute approximate surface area is 210 Å². The number of amides is 1. The van der Waals surface area contributed by atoms with E-state index in [2.05, 4.69) is 20.6 Å². The molecule has 0 aliphatic carbocycles. The van der Waals surface area contributed by atoms with Crippen LogP contribution in [-0.4, -0.2) is 65.7 Å². The van der Waals surface area contributed by atoms with Crippen LogP contribution in [0.4, 0.5) is 27.9 Å². The van der Waals surface area contributed by atoms with Crippen molar-refractivity contribution in [2.75, 3.05) is 32.6 Å². The maximum atomic E-state index is 14.5. The molecule has 3 N–H and O–H groups in total. The molecule has 200 valence electrons. The number of carbonyl (C=O) groups excluding carboxylic acids is 1. The standard InChI is InChI=1S/C24H27F5N6O2/c1-14-8-23(25,26)13-35(19(14)12-34-22-32-9-16(10-33-22)24(27,28)29)21(36)20(30)18(11-31-2)15-4-6-17(37-3)7-5-15/h4-7,9-11,14,19,30-31H,8,12-13H2,1-3H3,(H,32,33,34)/b18-11-,30-20?/t14-,19?/m1/s1. The Balaban J connectivity index is 1.84. The van der Waals surface area contributed by atoms with Gasteiger partial charge in [0.1, 0.15) is 11.5 Å². The number of piperidine rings is 1. The van der Waals surface area contributed by atoms with Crippen LogP contribution in [0.15, 0.2) is 42.9 Å². The fourth-order valence-corrected chi connectivity index (χ4v) is 4.11. The molecule has 2 heterocycles. The molecule has 2 aromatic rings. The fourth-order valence-electron chi connectivity index (χ4n) is 4.11. The monoisotopic (exact) mass is 526 g/mol. The fraction of sp³-hybridized carbons (Fsp3) is 0.417. The molecule has 37 heavy (non-hydrogen) atoms. The number of benzene rings is 1. The first kappa shape index (κ1) is 27.8. The van der Waals surface area contributed by atoms with E-state index >= 15 is 0 Å². The Kier molecular flexibility index (Phi) is 8.34. The summed E-state index contributed by atoms with van der Waals surface area (Å²) in [6.45, 7) is 0.536. The Bertz CT molecular complexity index is 1140. The lowest BCUT2D eigenvalue weighted by Gasteiger charge is -2.43. The van der Waals surface area contributed by atoms with Crippen molar-refractivity contribution in [3.8, 4) is 5.75 Å². The van der Waals surface area contributed by atoms with Gasteiger partial charge >= 0.3 is 6.18 Å². The van der Waals surface area contributed by atoms with Crippen LogP contribution in [0.3, 0.4) is 0 Å². The lowest BCUT2D eigenvalue weighted by Crippen LogP contribution is -2.58. The second kappa shape index (κ2) is 11.1. The van der Waals surface area contributed by atoms with Crippen LogP contribution in [0.5, 0.6) is 5.75 Å². The number of likely N-dealkylation sites (tertiary alicyclic amines) is 1. The summed E-state index contributed by atoms with van der Waals surface area (Å²) in [5.41, 5.74) is -0.843. The summed E-state index contributed by atoms with van der Waals surface area (Å²) in [4.78, 5) is 21.6. The van der Waals surface area contributed by atoms with Gasteiger partial charge in [-0.15, -0.1) is 0 Å². The molecule has 1 saturated heterocycles. The number of alkyl halides is 5. The van der Waals surface area contributed by atoms with E-state index in [0.717, 1.165) is 4.90 Å². The number of hydrogen-bond donors (Lipinski definition) is 3. The summed E-state index contributed by atoms with van der Waals surface area (Å²) in [5, 5.41) is 14.1. The molecular weight excluding hydrogens is 499 g/mol. The third-order valence-corrected chi connectivity index (χ3v) is 5.96. The third kappa shape index (κ3) is 6.71. The number of anilines is 1. The van der Waals surface area contributed by atoms with Crippen molar-refractivity contribution in [1.82, 2.24) is 20.2 Å². The molecule has 1 aliphatic rings. The number of ether oxygens (including phenoxy) is 1. The summed E-state index contributed by atoms with van der Waals surface area (Å²) in [6.07, 6.45) is -2.46. The molecule has 8 nitrogen and oxygen atoms in total. The number of halogens is 5. The van der Waals surface area contributed by atoms with Crippen LogP contribution in [0, 0.1) is 11.3 Å². The summed E-state index contributed by atoms with van der Waals surface area (Å²) < 4.78 is 72.5. The molecule has 1 aliphatic heterocycles. The van der Waals surface area contributed by atoms with Crippen molar-refractivity contribution in [1.29, 1.82) is 5.41 Å². The molecule has 3 rings (SSSR count). The van der Waals surface area contributed by atoms with E-state index in [9.17, 15) is 26.7 Å². The molecule has 1 aromatic heterocycles. The number of methoxy groups -OCH3 is 1. The molecule has 13 heteroatoms. The molecule has 0 spiro atoms. The van der Waals surface area contributed by atoms with Crippen molar-refractivity contribution in [2.45, 2.75) is 31.5 Å². The lowest BCUT2D eigenvalue weighted by atomic mass is 9.87. The molecule has 1 fully saturated rings. The van der Waals surface area contributed by atoms with E-state index in [1.54, 1.807) is 38.2 Å². The van der Waals surface area contributed by atoms with E-state index in [0.29, 0.717) is 23.7 Å². The molecular formula is C24H27F5N6O2. The Morgan fingerprint density at radius 1 is 1.24 bits per heavy atom. The van der Waals surface area contributed by atoms with Gasteiger partial charge in [0.25, 0.3) is 11.8 Å². The first-order valence-electron chi connectivity index (χ1n) is 11.3. The minimum absolute atomic E-state index is 0.102. The minimum atomic E-state index is -4.60. The van der Waals surface area contributed by atoms with Crippen LogP contribution in [0.2, 0.25) is 0 Å². The van der Waals surface area contributed by atoms with Crippen molar-refractivity contribution in [3.63, 3.8) is 0 Å². The van der Waals surface area contributed by atoms with Gasteiger partial charge in [-0.2, -0.15) is 13.2 Å². The predicted octanol–water partition coefficient (Wildman–Crippen LogP) is 4.07. The second-order valence-electron chi connectivity index (χ2n) is 8.66. The Morgan fingerprint density at radius 2 is 1.86 bits per heavy atom. The highest BCUT2D eigenvalue weighted by atomic mass is 19.4. The van der Waals surface area contributed by atoms with Gasteiger partial charge in [-0.05, 0) is 23.6 Å². The van der Waals surface area contributed by atoms with Crippen molar-refractivity contribution < 1.29 is 31.5 Å². The number of nitrogens with one attached hydrogen (secondary N) is 3. The summed E-state index contributed by atoms with van der Waals surface area (Å²) in [6, 6.07) is 5.76. The highest BCUT2D eigenvalue weighted by Crippen LogP contribution is 2.35. The van der Waals surface area contributed by atoms with E-state index in [1.165, 1.54) is 13.3 Å². The number of hydrogen-bond acceptors (Lipinski definition) is 7. The molecule has 0 saturated carbocycles. The molecule has 2 atom stereocenters. The maximum Gasteiger partial charge on any atom is 0.419 e. The summed E-state index contributed by atoms with van der Waals surface area (Å²) >= 11 is 0. The largest absolute Gasteiger partial charge is 0.497 e. The topological polar surface area (TPSA) is 103 Å². The number of aromatic nitrogens is 2. The highest BCUT2D eigenvalue weighted by Gasteiger charge is 2.46. The van der Waals surface area contributed by atoms with Crippen LogP contribution in [0.1, 0.15) is 24.5 Å². The third-order valence-electron chi connectivity index (χ3n) is 5.96.